The molecule has 0 aliphatic heterocycles. The molecule has 2 rings (SSSR count). The molecule has 0 atom stereocenters. The third-order valence-electron chi connectivity index (χ3n) is 4.49. The molecule has 0 aliphatic rings. The molecule has 0 radical (unpaired) electrons. The second kappa shape index (κ2) is 8.53. The van der Waals surface area contributed by atoms with E-state index in [0.29, 0.717) is 0 Å². The first-order valence-electron chi connectivity index (χ1n) is 8.90. The van der Waals surface area contributed by atoms with E-state index in [-0.39, 0.29) is 5.78 Å². The first-order chi connectivity index (χ1) is 11.7. The topological polar surface area (TPSA) is 23.6 Å². The van der Waals surface area contributed by atoms with E-state index in [9.17, 15) is 4.79 Å². The molecule has 128 valence electrons. The molecule has 0 amide bonds. The molecule has 2 aromatic rings. The lowest BCUT2D eigenvalue weighted by molar-refractivity contribution is 0.103. The Hall–Kier alpha value is -2.29. The summed E-state index contributed by atoms with van der Waals surface area (Å²) in [4.78, 5) is 17.8. The predicted molar refractivity (Wildman–Crippen MR) is 103 cm³/mol. The van der Waals surface area contributed by atoms with E-state index in [2.05, 4.69) is 55.7 Å². The third-order valence-corrected chi connectivity index (χ3v) is 4.49. The predicted octanol–water partition coefficient (Wildman–Crippen LogP) is 4.61. The van der Waals surface area contributed by atoms with Crippen molar-refractivity contribution < 1.29 is 4.79 Å². The fraction of sp³-hybridized carbons (Fsp3) is 0.381. The number of carbonyl (C=O) groups excluding carboxylic acids is 1. The van der Waals surface area contributed by atoms with E-state index in [1.54, 1.807) is 0 Å². The number of benzene rings is 2. The maximum absolute atomic E-state index is 13.3. The Bertz CT molecular complexity index is 629. The Morgan fingerprint density at radius 2 is 1.17 bits per heavy atom. The van der Waals surface area contributed by atoms with Crippen molar-refractivity contribution in [1.29, 1.82) is 0 Å². The Labute approximate surface area is 145 Å². The van der Waals surface area contributed by atoms with E-state index >= 15 is 0 Å². The van der Waals surface area contributed by atoms with Crippen LogP contribution in [0.5, 0.6) is 0 Å². The summed E-state index contributed by atoms with van der Waals surface area (Å²) in [5.74, 6) is 0.0972. The zero-order valence-electron chi connectivity index (χ0n) is 15.2. The van der Waals surface area contributed by atoms with Gasteiger partial charge in [0.05, 0.1) is 16.9 Å². The number of nitrogens with zero attached hydrogens (tertiary/aromatic N) is 2. The molecule has 24 heavy (non-hydrogen) atoms. The Kier molecular flexibility index (Phi) is 6.42. The SMILES string of the molecule is CCN(CC)c1cccc(N(CC)CC)c1C(=O)c1ccccc1. The van der Waals surface area contributed by atoms with Gasteiger partial charge in [-0.2, -0.15) is 0 Å². The zero-order chi connectivity index (χ0) is 17.5. The minimum atomic E-state index is 0.0972. The molecule has 0 aliphatic carbocycles. The largest absolute Gasteiger partial charge is 0.371 e. The van der Waals surface area contributed by atoms with Gasteiger partial charge in [0.1, 0.15) is 0 Å². The van der Waals surface area contributed by atoms with Crippen LogP contribution in [0.15, 0.2) is 48.5 Å². The summed E-state index contributed by atoms with van der Waals surface area (Å²) in [6.45, 7) is 12.0. The number of carbonyl (C=O) groups is 1. The molecule has 0 fully saturated rings. The first kappa shape index (κ1) is 18.1. The average molecular weight is 324 g/mol. The summed E-state index contributed by atoms with van der Waals surface area (Å²) in [5.41, 5.74) is 3.61. The summed E-state index contributed by atoms with van der Waals surface area (Å²) in [7, 11) is 0. The molecule has 0 unspecified atom stereocenters. The smallest absolute Gasteiger partial charge is 0.197 e. The Balaban J connectivity index is 2.65. The highest BCUT2D eigenvalue weighted by Crippen LogP contribution is 2.32. The van der Waals surface area contributed by atoms with Crippen LogP contribution in [0.1, 0.15) is 43.6 Å². The van der Waals surface area contributed by atoms with Crippen LogP contribution in [0.4, 0.5) is 11.4 Å². The number of hydrogen-bond donors (Lipinski definition) is 0. The molecule has 0 N–H and O–H groups in total. The number of hydrogen-bond acceptors (Lipinski definition) is 3. The van der Waals surface area contributed by atoms with Crippen molar-refractivity contribution >= 4 is 17.2 Å². The molecule has 3 heteroatoms. The first-order valence-corrected chi connectivity index (χ1v) is 8.90. The lowest BCUT2D eigenvalue weighted by atomic mass is 9.98. The van der Waals surface area contributed by atoms with Crippen LogP contribution in [0, 0.1) is 0 Å². The van der Waals surface area contributed by atoms with Crippen molar-refractivity contribution in [3.8, 4) is 0 Å². The van der Waals surface area contributed by atoms with Gasteiger partial charge >= 0.3 is 0 Å². The van der Waals surface area contributed by atoms with Crippen molar-refractivity contribution in [3.05, 3.63) is 59.7 Å². The van der Waals surface area contributed by atoms with Crippen molar-refractivity contribution in [1.82, 2.24) is 0 Å². The van der Waals surface area contributed by atoms with E-state index in [0.717, 1.165) is 48.7 Å². The van der Waals surface area contributed by atoms with E-state index < -0.39 is 0 Å². The summed E-state index contributed by atoms with van der Waals surface area (Å²) < 4.78 is 0. The lowest BCUT2D eigenvalue weighted by Crippen LogP contribution is -2.28. The summed E-state index contributed by atoms with van der Waals surface area (Å²) in [6.07, 6.45) is 0. The Morgan fingerprint density at radius 1 is 0.708 bits per heavy atom. The summed E-state index contributed by atoms with van der Waals surface area (Å²) in [5, 5.41) is 0. The summed E-state index contributed by atoms with van der Waals surface area (Å²) >= 11 is 0. The molecule has 2 aromatic carbocycles. The van der Waals surface area contributed by atoms with Gasteiger partial charge in [-0.15, -0.1) is 0 Å². The minimum absolute atomic E-state index is 0.0972. The second-order valence-electron chi connectivity index (χ2n) is 5.71. The second-order valence-corrected chi connectivity index (χ2v) is 5.71. The third kappa shape index (κ3) is 3.61. The maximum Gasteiger partial charge on any atom is 0.197 e. The van der Waals surface area contributed by atoms with Gasteiger partial charge < -0.3 is 9.80 Å². The average Bonchev–Trinajstić information content (AvgIpc) is 2.64. The lowest BCUT2D eigenvalue weighted by Gasteiger charge is -2.29. The van der Waals surface area contributed by atoms with Gasteiger partial charge in [0.2, 0.25) is 0 Å². The molecule has 0 saturated heterocycles. The molecule has 0 spiro atoms. The molecular weight excluding hydrogens is 296 g/mol. The van der Waals surface area contributed by atoms with Crippen molar-refractivity contribution in [2.24, 2.45) is 0 Å². The van der Waals surface area contributed by atoms with Crippen LogP contribution < -0.4 is 9.80 Å². The zero-order valence-corrected chi connectivity index (χ0v) is 15.2. The highest BCUT2D eigenvalue weighted by atomic mass is 16.1. The Morgan fingerprint density at radius 3 is 1.58 bits per heavy atom. The van der Waals surface area contributed by atoms with Gasteiger partial charge in [0.25, 0.3) is 0 Å². The van der Waals surface area contributed by atoms with Crippen LogP contribution in [0.25, 0.3) is 0 Å². The summed E-state index contributed by atoms with van der Waals surface area (Å²) in [6, 6.07) is 15.8. The van der Waals surface area contributed by atoms with Crippen molar-refractivity contribution in [2.75, 3.05) is 36.0 Å². The normalized spacial score (nSPS) is 10.5. The molecule has 0 aromatic heterocycles. The monoisotopic (exact) mass is 324 g/mol. The van der Waals surface area contributed by atoms with E-state index in [1.165, 1.54) is 0 Å². The molecular formula is C21H28N2O. The standard InChI is InChI=1S/C21H28N2O/c1-5-22(6-2)18-15-12-16-19(23(7-3)8-4)20(18)21(24)17-13-10-9-11-14-17/h9-16H,5-8H2,1-4H3. The van der Waals surface area contributed by atoms with Crippen LogP contribution in [-0.2, 0) is 0 Å². The highest BCUT2D eigenvalue weighted by Gasteiger charge is 2.22. The van der Waals surface area contributed by atoms with E-state index in [4.69, 9.17) is 0 Å². The fourth-order valence-corrected chi connectivity index (χ4v) is 3.15. The van der Waals surface area contributed by atoms with Crippen LogP contribution in [0.3, 0.4) is 0 Å². The van der Waals surface area contributed by atoms with Gasteiger partial charge in [-0.1, -0.05) is 36.4 Å². The number of ketones is 1. The van der Waals surface area contributed by atoms with Crippen LogP contribution in [-0.4, -0.2) is 32.0 Å². The van der Waals surface area contributed by atoms with Crippen molar-refractivity contribution in [3.63, 3.8) is 0 Å². The number of rotatable bonds is 8. The van der Waals surface area contributed by atoms with Crippen molar-refractivity contribution in [2.45, 2.75) is 27.7 Å². The molecule has 3 nitrogen and oxygen atoms in total. The van der Waals surface area contributed by atoms with Gasteiger partial charge in [0, 0.05) is 31.7 Å². The van der Waals surface area contributed by atoms with Gasteiger partial charge in [-0.05, 0) is 39.8 Å². The number of anilines is 2. The maximum atomic E-state index is 13.3. The molecule has 0 heterocycles. The molecule has 0 bridgehead atoms. The van der Waals surface area contributed by atoms with Gasteiger partial charge in [0.15, 0.2) is 5.78 Å². The van der Waals surface area contributed by atoms with Crippen LogP contribution >= 0.6 is 0 Å². The minimum Gasteiger partial charge on any atom is -0.371 e. The highest BCUT2D eigenvalue weighted by molar-refractivity contribution is 6.16. The molecule has 0 saturated carbocycles. The quantitative estimate of drug-likeness (QED) is 0.663. The van der Waals surface area contributed by atoms with E-state index in [1.807, 2.05) is 30.3 Å². The fourth-order valence-electron chi connectivity index (χ4n) is 3.15. The van der Waals surface area contributed by atoms with Gasteiger partial charge in [-0.3, -0.25) is 4.79 Å². The van der Waals surface area contributed by atoms with Gasteiger partial charge in [-0.25, -0.2) is 0 Å². The van der Waals surface area contributed by atoms with Crippen LogP contribution in [0.2, 0.25) is 0 Å².